The van der Waals surface area contributed by atoms with Gasteiger partial charge in [0.25, 0.3) is 0 Å². The molecule has 1 heterocycles. The molecule has 1 aliphatic heterocycles. The number of hydrogen-bond donors (Lipinski definition) is 1. The molecule has 2 aliphatic rings. The van der Waals surface area contributed by atoms with Gasteiger partial charge < -0.3 is 15.4 Å². The lowest BCUT2D eigenvalue weighted by Crippen LogP contribution is -2.43. The molecule has 13 heavy (non-hydrogen) atoms. The minimum absolute atomic E-state index is 0.565. The number of nitrogens with zero attached hydrogens (tertiary/aromatic N) is 2. The maximum absolute atomic E-state index is 5.80. The van der Waals surface area contributed by atoms with Crippen molar-refractivity contribution in [2.75, 3.05) is 26.8 Å². The lowest BCUT2D eigenvalue weighted by atomic mass is 10.2. The highest BCUT2D eigenvalue weighted by Crippen LogP contribution is 2.36. The van der Waals surface area contributed by atoms with Crippen molar-refractivity contribution in [1.82, 2.24) is 4.90 Å². The van der Waals surface area contributed by atoms with Crippen LogP contribution in [0.3, 0.4) is 0 Å². The first kappa shape index (κ1) is 8.81. The Morgan fingerprint density at radius 2 is 2.38 bits per heavy atom. The average molecular weight is 183 g/mol. The highest BCUT2D eigenvalue weighted by Gasteiger charge is 2.38. The molecular weight excluding hydrogens is 166 g/mol. The van der Waals surface area contributed by atoms with Gasteiger partial charge in [-0.1, -0.05) is 0 Å². The largest absolute Gasteiger partial charge is 0.383 e. The third-order valence-corrected chi connectivity index (χ3v) is 2.84. The van der Waals surface area contributed by atoms with Gasteiger partial charge in [-0.15, -0.1) is 0 Å². The fourth-order valence-electron chi connectivity index (χ4n) is 1.90. The maximum atomic E-state index is 5.80. The van der Waals surface area contributed by atoms with Gasteiger partial charge in [0.15, 0.2) is 5.96 Å². The monoisotopic (exact) mass is 183 g/mol. The molecule has 0 aromatic carbocycles. The first-order valence-electron chi connectivity index (χ1n) is 4.88. The third kappa shape index (κ3) is 1.77. The maximum Gasteiger partial charge on any atom is 0.191 e. The SMILES string of the molecule is COCCN1C(N)=NCC1C1CC1. The Bertz CT molecular complexity index is 213. The van der Waals surface area contributed by atoms with Crippen molar-refractivity contribution in [3.8, 4) is 0 Å². The second-order valence-corrected chi connectivity index (χ2v) is 3.79. The Morgan fingerprint density at radius 3 is 3.00 bits per heavy atom. The Kier molecular flexibility index (Phi) is 2.40. The summed E-state index contributed by atoms with van der Waals surface area (Å²) in [5.74, 6) is 1.54. The molecular formula is C9H17N3O. The molecule has 4 heteroatoms. The van der Waals surface area contributed by atoms with Gasteiger partial charge in [0.2, 0.25) is 0 Å². The number of methoxy groups -OCH3 is 1. The number of nitrogens with two attached hydrogens (primary N) is 1. The molecule has 1 atom stereocenters. The zero-order valence-corrected chi connectivity index (χ0v) is 8.07. The highest BCUT2D eigenvalue weighted by molar-refractivity contribution is 5.80. The Balaban J connectivity index is 1.90. The summed E-state index contributed by atoms with van der Waals surface area (Å²) in [6.07, 6.45) is 2.69. The minimum Gasteiger partial charge on any atom is -0.383 e. The smallest absolute Gasteiger partial charge is 0.191 e. The molecule has 74 valence electrons. The van der Waals surface area contributed by atoms with Crippen molar-refractivity contribution >= 4 is 5.96 Å². The van der Waals surface area contributed by atoms with Gasteiger partial charge in [0.05, 0.1) is 19.2 Å². The zero-order valence-electron chi connectivity index (χ0n) is 8.07. The van der Waals surface area contributed by atoms with Crippen molar-refractivity contribution in [2.45, 2.75) is 18.9 Å². The molecule has 0 aromatic rings. The van der Waals surface area contributed by atoms with Crippen LogP contribution < -0.4 is 5.73 Å². The predicted octanol–water partition coefficient (Wildman–Crippen LogP) is 0.0417. The topological polar surface area (TPSA) is 50.9 Å². The van der Waals surface area contributed by atoms with Gasteiger partial charge in [-0.25, -0.2) is 0 Å². The summed E-state index contributed by atoms with van der Waals surface area (Å²) in [6.45, 7) is 2.51. The van der Waals surface area contributed by atoms with E-state index in [1.54, 1.807) is 7.11 Å². The van der Waals surface area contributed by atoms with E-state index in [-0.39, 0.29) is 0 Å². The first-order chi connectivity index (χ1) is 6.33. The Morgan fingerprint density at radius 1 is 1.62 bits per heavy atom. The molecule has 1 fully saturated rings. The van der Waals surface area contributed by atoms with E-state index < -0.39 is 0 Å². The summed E-state index contributed by atoms with van der Waals surface area (Å²) in [7, 11) is 1.72. The van der Waals surface area contributed by atoms with Crippen LogP contribution in [0.2, 0.25) is 0 Å². The molecule has 1 aliphatic carbocycles. The highest BCUT2D eigenvalue weighted by atomic mass is 16.5. The molecule has 2 N–H and O–H groups in total. The fraction of sp³-hybridized carbons (Fsp3) is 0.889. The fourth-order valence-corrected chi connectivity index (χ4v) is 1.90. The van der Waals surface area contributed by atoms with E-state index in [0.29, 0.717) is 12.0 Å². The van der Waals surface area contributed by atoms with Gasteiger partial charge >= 0.3 is 0 Å². The van der Waals surface area contributed by atoms with Gasteiger partial charge in [-0.3, -0.25) is 4.99 Å². The number of rotatable bonds is 4. The summed E-state index contributed by atoms with van der Waals surface area (Å²) in [5.41, 5.74) is 5.80. The van der Waals surface area contributed by atoms with Gasteiger partial charge in [0.1, 0.15) is 0 Å². The van der Waals surface area contributed by atoms with E-state index >= 15 is 0 Å². The number of guanidine groups is 1. The number of aliphatic imine (C=N–C) groups is 1. The van der Waals surface area contributed by atoms with Gasteiger partial charge in [-0.2, -0.15) is 0 Å². The van der Waals surface area contributed by atoms with E-state index in [1.165, 1.54) is 12.8 Å². The summed E-state index contributed by atoms with van der Waals surface area (Å²) in [6, 6.07) is 0.565. The van der Waals surface area contributed by atoms with Crippen LogP contribution in [0.5, 0.6) is 0 Å². The Hall–Kier alpha value is -0.770. The van der Waals surface area contributed by atoms with E-state index in [4.69, 9.17) is 10.5 Å². The molecule has 2 rings (SSSR count). The lowest BCUT2D eigenvalue weighted by Gasteiger charge is -2.25. The van der Waals surface area contributed by atoms with Crippen LogP contribution in [0, 0.1) is 5.92 Å². The van der Waals surface area contributed by atoms with E-state index in [2.05, 4.69) is 9.89 Å². The van der Waals surface area contributed by atoms with Crippen LogP contribution >= 0.6 is 0 Å². The molecule has 0 bridgehead atoms. The minimum atomic E-state index is 0.565. The normalized spacial score (nSPS) is 27.9. The summed E-state index contributed by atoms with van der Waals surface area (Å²) in [4.78, 5) is 6.47. The van der Waals surface area contributed by atoms with Crippen molar-refractivity contribution in [3.63, 3.8) is 0 Å². The summed E-state index contributed by atoms with van der Waals surface area (Å²) in [5, 5.41) is 0. The standard InChI is InChI=1S/C9H17N3O/c1-13-5-4-12-8(7-2-3-7)6-11-9(12)10/h7-8H,2-6H2,1H3,(H2,10,11). The molecule has 1 unspecified atom stereocenters. The van der Waals surface area contributed by atoms with Crippen LogP contribution in [0.25, 0.3) is 0 Å². The van der Waals surface area contributed by atoms with Crippen LogP contribution in [-0.2, 0) is 4.74 Å². The zero-order chi connectivity index (χ0) is 9.26. The van der Waals surface area contributed by atoms with Crippen molar-refractivity contribution < 1.29 is 4.74 Å². The third-order valence-electron chi connectivity index (χ3n) is 2.84. The molecule has 4 nitrogen and oxygen atoms in total. The summed E-state index contributed by atoms with van der Waals surface area (Å²) < 4.78 is 5.05. The average Bonchev–Trinajstić information content (AvgIpc) is 2.89. The van der Waals surface area contributed by atoms with Crippen molar-refractivity contribution in [2.24, 2.45) is 16.6 Å². The number of ether oxygens (including phenoxy) is 1. The first-order valence-corrected chi connectivity index (χ1v) is 4.88. The Labute approximate surface area is 78.8 Å². The molecule has 1 saturated carbocycles. The quantitative estimate of drug-likeness (QED) is 0.669. The van der Waals surface area contributed by atoms with Crippen LogP contribution in [0.15, 0.2) is 4.99 Å². The van der Waals surface area contributed by atoms with Crippen LogP contribution in [-0.4, -0.2) is 43.7 Å². The second kappa shape index (κ2) is 3.54. The molecule has 0 radical (unpaired) electrons. The predicted molar refractivity (Wildman–Crippen MR) is 51.6 cm³/mol. The van der Waals surface area contributed by atoms with E-state index in [0.717, 1.165) is 25.6 Å². The van der Waals surface area contributed by atoms with Crippen LogP contribution in [0.1, 0.15) is 12.8 Å². The van der Waals surface area contributed by atoms with E-state index in [9.17, 15) is 0 Å². The second-order valence-electron chi connectivity index (χ2n) is 3.79. The van der Waals surface area contributed by atoms with E-state index in [1.807, 2.05) is 0 Å². The van der Waals surface area contributed by atoms with Crippen molar-refractivity contribution in [3.05, 3.63) is 0 Å². The lowest BCUT2D eigenvalue weighted by molar-refractivity contribution is 0.162. The van der Waals surface area contributed by atoms with Gasteiger partial charge in [-0.05, 0) is 18.8 Å². The molecule has 0 saturated heterocycles. The number of hydrogen-bond acceptors (Lipinski definition) is 4. The van der Waals surface area contributed by atoms with Crippen molar-refractivity contribution in [1.29, 1.82) is 0 Å². The summed E-state index contributed by atoms with van der Waals surface area (Å²) >= 11 is 0. The van der Waals surface area contributed by atoms with Crippen LogP contribution in [0.4, 0.5) is 0 Å². The molecule has 0 aromatic heterocycles. The van der Waals surface area contributed by atoms with Gasteiger partial charge in [0, 0.05) is 13.7 Å². The molecule has 0 amide bonds. The molecule has 0 spiro atoms.